The van der Waals surface area contributed by atoms with Crippen molar-refractivity contribution in [2.75, 3.05) is 5.32 Å². The lowest BCUT2D eigenvalue weighted by atomic mass is 10.1. The van der Waals surface area contributed by atoms with Crippen LogP contribution in [-0.4, -0.2) is 9.55 Å². The predicted molar refractivity (Wildman–Crippen MR) is 199 cm³/mol. The number of hydrogen-bond acceptors (Lipinski definition) is 3. The minimum atomic E-state index is 0.961. The Morgan fingerprint density at radius 2 is 1.47 bits per heavy atom. The third-order valence-electron chi connectivity index (χ3n) is 7.78. The summed E-state index contributed by atoms with van der Waals surface area (Å²) in [6.07, 6.45) is 3.78. The van der Waals surface area contributed by atoms with Gasteiger partial charge in [-0.2, -0.15) is 0 Å². The fourth-order valence-electron chi connectivity index (χ4n) is 5.90. The van der Waals surface area contributed by atoms with Crippen molar-refractivity contribution in [3.8, 4) is 16.9 Å². The third kappa shape index (κ3) is 5.30. The monoisotopic (exact) mass is 601 g/mol. The maximum Gasteiger partial charge on any atom is 0.0719 e. The van der Waals surface area contributed by atoms with Gasteiger partial charge >= 0.3 is 0 Å². The molecule has 1 N–H and O–H groups in total. The number of rotatable bonds is 5. The summed E-state index contributed by atoms with van der Waals surface area (Å²) in [5.74, 6) is 0. The fourth-order valence-corrected chi connectivity index (χ4v) is 7.14. The number of benzene rings is 5. The van der Waals surface area contributed by atoms with Crippen LogP contribution in [0.1, 0.15) is 19.4 Å². The zero-order valence-electron chi connectivity index (χ0n) is 25.6. The molecule has 0 amide bonds. The average Bonchev–Trinajstić information content (AvgIpc) is 3.66. The molecular weight excluding hydrogens is 567 g/mol. The molecule has 8 rings (SSSR count). The summed E-state index contributed by atoms with van der Waals surface area (Å²) in [4.78, 5) is 4.62. The van der Waals surface area contributed by atoms with Gasteiger partial charge in [-0.3, -0.25) is 4.98 Å². The molecule has 8 aromatic rings. The summed E-state index contributed by atoms with van der Waals surface area (Å²) in [6.45, 7) is 14.2. The Kier molecular flexibility index (Phi) is 8.58. The Morgan fingerprint density at radius 1 is 0.711 bits per heavy atom. The van der Waals surface area contributed by atoms with Gasteiger partial charge in [0, 0.05) is 55.1 Å². The van der Waals surface area contributed by atoms with Crippen LogP contribution < -0.4 is 5.32 Å². The lowest BCUT2D eigenvalue weighted by Gasteiger charge is -2.13. The summed E-state index contributed by atoms with van der Waals surface area (Å²) in [7, 11) is 0. The molecule has 0 saturated carbocycles. The van der Waals surface area contributed by atoms with Crippen LogP contribution in [0.4, 0.5) is 11.4 Å². The minimum absolute atomic E-state index is 0.961. The van der Waals surface area contributed by atoms with E-state index in [2.05, 4.69) is 126 Å². The highest BCUT2D eigenvalue weighted by molar-refractivity contribution is 7.26. The number of anilines is 2. The first-order chi connectivity index (χ1) is 22.3. The van der Waals surface area contributed by atoms with Crippen LogP contribution in [0.15, 0.2) is 147 Å². The van der Waals surface area contributed by atoms with Crippen molar-refractivity contribution in [3.63, 3.8) is 0 Å². The summed E-state index contributed by atoms with van der Waals surface area (Å²) < 4.78 is 5.02. The maximum atomic E-state index is 4.62. The molecule has 0 unspecified atom stereocenters. The molecule has 220 valence electrons. The quantitative estimate of drug-likeness (QED) is 0.199. The van der Waals surface area contributed by atoms with Crippen LogP contribution in [0.5, 0.6) is 0 Å². The Bertz CT molecular complexity index is 2260. The number of aromatic nitrogens is 2. The van der Waals surface area contributed by atoms with E-state index in [0.29, 0.717) is 0 Å². The smallest absolute Gasteiger partial charge is 0.0719 e. The Hall–Kier alpha value is -5.45. The Morgan fingerprint density at radius 3 is 2.24 bits per heavy atom. The predicted octanol–water partition coefficient (Wildman–Crippen LogP) is 12.4. The topological polar surface area (TPSA) is 29.9 Å². The van der Waals surface area contributed by atoms with Crippen LogP contribution in [0.25, 0.3) is 65.0 Å². The van der Waals surface area contributed by atoms with Gasteiger partial charge in [-0.15, -0.1) is 24.5 Å². The summed E-state index contributed by atoms with van der Waals surface area (Å²) in [5, 5.41) is 8.65. The van der Waals surface area contributed by atoms with Gasteiger partial charge in [-0.1, -0.05) is 93.2 Å². The first-order valence-corrected chi connectivity index (χ1v) is 16.0. The number of nitrogens with zero attached hydrogens (tertiary/aromatic N) is 2. The molecule has 3 nitrogen and oxygen atoms in total. The first kappa shape index (κ1) is 29.6. The van der Waals surface area contributed by atoms with Crippen LogP contribution in [0.2, 0.25) is 0 Å². The fraction of sp³-hybridized carbons (Fsp3) is 0.0488. The second-order valence-electron chi connectivity index (χ2n) is 10.2. The molecule has 3 heterocycles. The number of thiophene rings is 1. The molecule has 0 atom stereocenters. The SMILES string of the molecule is C=C.C=Cc1cc2c(cc1Nc1ccccc1)c1ccc3c4ccccc4sc3c1n2-c1cccc(-c2ccccn2)c1.CC. The molecule has 3 aromatic heterocycles. The number of hydrogen-bond donors (Lipinski definition) is 1. The standard InChI is InChI=1S/C37H25N3S.C2H6.C2H4/c1-2-24-22-34-31(23-33(24)39-26-12-4-3-5-13-26)29-18-19-30-28-15-6-7-17-35(28)41-37(30)36(29)40(34)27-14-10-11-25(21-27)32-16-8-9-20-38-32;2*1-2/h2-23,39H,1H2;1-2H3;1-2H2. The molecular formula is C41H35N3S. The highest BCUT2D eigenvalue weighted by Crippen LogP contribution is 2.44. The molecule has 5 aromatic carbocycles. The van der Waals surface area contributed by atoms with Gasteiger partial charge < -0.3 is 9.88 Å². The number of pyridine rings is 1. The van der Waals surface area contributed by atoms with Crippen molar-refractivity contribution < 1.29 is 0 Å². The lowest BCUT2D eigenvalue weighted by Crippen LogP contribution is -1.97. The molecule has 0 spiro atoms. The second kappa shape index (κ2) is 13.0. The number of para-hydroxylation sites is 1. The van der Waals surface area contributed by atoms with E-state index in [1.54, 1.807) is 0 Å². The minimum Gasteiger partial charge on any atom is -0.355 e. The largest absolute Gasteiger partial charge is 0.355 e. The van der Waals surface area contributed by atoms with E-state index >= 15 is 0 Å². The van der Waals surface area contributed by atoms with E-state index in [4.69, 9.17) is 0 Å². The third-order valence-corrected chi connectivity index (χ3v) is 8.97. The first-order valence-electron chi connectivity index (χ1n) is 15.2. The molecule has 0 aliphatic heterocycles. The van der Waals surface area contributed by atoms with Crippen molar-refractivity contribution >= 4 is 70.8 Å². The maximum absolute atomic E-state index is 4.62. The summed E-state index contributed by atoms with van der Waals surface area (Å²) in [6, 6.07) is 42.9. The van der Waals surface area contributed by atoms with Crippen molar-refractivity contribution in [2.24, 2.45) is 0 Å². The van der Waals surface area contributed by atoms with Crippen LogP contribution in [0, 0.1) is 0 Å². The van der Waals surface area contributed by atoms with Crippen LogP contribution in [0.3, 0.4) is 0 Å². The Labute approximate surface area is 268 Å². The van der Waals surface area contributed by atoms with E-state index < -0.39 is 0 Å². The second-order valence-corrected chi connectivity index (χ2v) is 11.2. The summed E-state index contributed by atoms with van der Waals surface area (Å²) in [5.41, 5.74) is 8.68. The van der Waals surface area contributed by atoms with Gasteiger partial charge in [-0.05, 0) is 60.2 Å². The van der Waals surface area contributed by atoms with E-state index in [0.717, 1.165) is 39.4 Å². The molecule has 0 radical (unpaired) electrons. The van der Waals surface area contributed by atoms with Crippen LogP contribution >= 0.6 is 11.3 Å². The van der Waals surface area contributed by atoms with Gasteiger partial charge in [0.1, 0.15) is 0 Å². The molecule has 0 saturated heterocycles. The van der Waals surface area contributed by atoms with E-state index in [9.17, 15) is 0 Å². The van der Waals surface area contributed by atoms with Gasteiger partial charge in [0.15, 0.2) is 0 Å². The molecule has 0 fully saturated rings. The van der Waals surface area contributed by atoms with Crippen molar-refractivity contribution in [1.29, 1.82) is 0 Å². The zero-order valence-corrected chi connectivity index (χ0v) is 26.4. The highest BCUT2D eigenvalue weighted by Gasteiger charge is 2.19. The highest BCUT2D eigenvalue weighted by atomic mass is 32.1. The van der Waals surface area contributed by atoms with E-state index in [-0.39, 0.29) is 0 Å². The van der Waals surface area contributed by atoms with E-state index in [1.807, 2.05) is 67.8 Å². The van der Waals surface area contributed by atoms with Crippen molar-refractivity contribution in [1.82, 2.24) is 9.55 Å². The Balaban J connectivity index is 0.000000860. The summed E-state index contributed by atoms with van der Waals surface area (Å²) >= 11 is 1.86. The van der Waals surface area contributed by atoms with Gasteiger partial charge in [0.2, 0.25) is 0 Å². The van der Waals surface area contributed by atoms with Crippen molar-refractivity contribution in [3.05, 3.63) is 153 Å². The van der Waals surface area contributed by atoms with Crippen molar-refractivity contribution in [2.45, 2.75) is 13.8 Å². The molecule has 45 heavy (non-hydrogen) atoms. The normalized spacial score (nSPS) is 10.7. The molecule has 4 heteroatoms. The lowest BCUT2D eigenvalue weighted by molar-refractivity contribution is 1.18. The number of fused-ring (bicyclic) bond motifs is 7. The zero-order chi connectivity index (χ0) is 31.3. The van der Waals surface area contributed by atoms with Gasteiger partial charge in [0.05, 0.1) is 21.4 Å². The van der Waals surface area contributed by atoms with Gasteiger partial charge in [0.25, 0.3) is 0 Å². The van der Waals surface area contributed by atoms with Gasteiger partial charge in [-0.25, -0.2) is 0 Å². The van der Waals surface area contributed by atoms with Crippen LogP contribution in [-0.2, 0) is 0 Å². The number of nitrogens with one attached hydrogen (secondary N) is 1. The molecule has 0 aliphatic carbocycles. The van der Waals surface area contributed by atoms with E-state index in [1.165, 1.54) is 36.5 Å². The molecule has 0 bridgehead atoms. The average molecular weight is 602 g/mol. The molecule has 0 aliphatic rings.